The molecule has 61 heavy (non-hydrogen) atoms. The summed E-state index contributed by atoms with van der Waals surface area (Å²) in [6.07, 6.45) is 48.3. The molecule has 0 aliphatic heterocycles. The number of unbranched alkanes of at least 4 members (excludes halogenated alkanes) is 8. The third-order valence-electron chi connectivity index (χ3n) is 8.45. The van der Waals surface area contributed by atoms with E-state index >= 15 is 0 Å². The lowest BCUT2D eigenvalue weighted by atomic mass is 10.1. The van der Waals surface area contributed by atoms with Crippen molar-refractivity contribution in [1.29, 1.82) is 0 Å². The van der Waals surface area contributed by atoms with E-state index in [9.17, 15) is 28.7 Å². The van der Waals surface area contributed by atoms with Gasteiger partial charge in [0.05, 0.1) is 19.8 Å². The Morgan fingerprint density at radius 3 is 1.43 bits per heavy atom. The molecule has 3 atom stereocenters. The molecule has 0 radical (unpaired) electrons. The number of aliphatic hydroxyl groups excluding tert-OH is 1. The van der Waals surface area contributed by atoms with Crippen molar-refractivity contribution in [1.82, 2.24) is 0 Å². The van der Waals surface area contributed by atoms with Gasteiger partial charge in [0.2, 0.25) is 0 Å². The molecule has 4 N–H and O–H groups in total. The van der Waals surface area contributed by atoms with E-state index in [1.165, 1.54) is 19.3 Å². The summed E-state index contributed by atoms with van der Waals surface area (Å²) in [6, 6.07) is 0. The average Bonchev–Trinajstić information content (AvgIpc) is 3.22. The number of allylic oxidation sites excluding steroid dienone is 16. The highest BCUT2D eigenvalue weighted by Gasteiger charge is 2.28. The standard InChI is InChI=1S/C46H76O13P2/c1-3-5-7-9-11-13-15-17-19-21-23-25-27-29-31-33-35-37-45(48)55-41-44(42-58-61(53,54)57-40-43(47)39-56-60(50,51)52)59-46(49)38-36-34-32-30-28-26-24-22-20-18-16-14-12-10-8-6-4-2/h5,7,11-14,17-20,23-26,30,32,43-44,47H,3-4,6,8-10,15-16,21-22,27-29,31,33-42H2,1-2H3,(H,53,54)(H2,50,51,52)/b7-5-,13-11-,14-12-,19-17-,20-18-,25-23-,26-24-,32-30-/t43-,44+/m0/s1. The molecule has 0 aliphatic rings. The molecule has 1 unspecified atom stereocenters. The summed E-state index contributed by atoms with van der Waals surface area (Å²) in [5.74, 6) is -1.13. The van der Waals surface area contributed by atoms with Gasteiger partial charge in [-0.3, -0.25) is 23.2 Å². The van der Waals surface area contributed by atoms with Crippen LogP contribution in [0.5, 0.6) is 0 Å². The van der Waals surface area contributed by atoms with Crippen LogP contribution in [0.1, 0.15) is 142 Å². The smallest absolute Gasteiger partial charge is 0.462 e. The van der Waals surface area contributed by atoms with Gasteiger partial charge < -0.3 is 29.3 Å². The van der Waals surface area contributed by atoms with E-state index in [0.29, 0.717) is 19.3 Å². The number of rotatable bonds is 40. The molecule has 0 saturated heterocycles. The van der Waals surface area contributed by atoms with Crippen LogP contribution in [0.25, 0.3) is 0 Å². The fourth-order valence-electron chi connectivity index (χ4n) is 5.15. The number of carbonyl (C=O) groups excluding carboxylic acids is 2. The van der Waals surface area contributed by atoms with Crippen LogP contribution in [0.3, 0.4) is 0 Å². The van der Waals surface area contributed by atoms with E-state index < -0.39 is 66.2 Å². The first-order valence-electron chi connectivity index (χ1n) is 21.9. The Labute approximate surface area is 366 Å². The van der Waals surface area contributed by atoms with Crippen molar-refractivity contribution in [3.8, 4) is 0 Å². The second-order valence-electron chi connectivity index (χ2n) is 14.2. The second kappa shape index (κ2) is 41.1. The molecule has 0 rings (SSSR count). The summed E-state index contributed by atoms with van der Waals surface area (Å²) in [5, 5.41) is 9.75. The Morgan fingerprint density at radius 1 is 0.492 bits per heavy atom. The highest BCUT2D eigenvalue weighted by Crippen LogP contribution is 2.43. The van der Waals surface area contributed by atoms with Crippen molar-refractivity contribution < 1.29 is 61.6 Å². The number of phosphoric ester groups is 2. The quantitative estimate of drug-likeness (QED) is 0.0196. The van der Waals surface area contributed by atoms with Crippen molar-refractivity contribution >= 4 is 27.6 Å². The zero-order valence-electron chi connectivity index (χ0n) is 36.7. The Bertz CT molecular complexity index is 1440. The minimum absolute atomic E-state index is 0.0441. The van der Waals surface area contributed by atoms with E-state index in [1.54, 1.807) is 0 Å². The van der Waals surface area contributed by atoms with Crippen molar-refractivity contribution in [2.24, 2.45) is 0 Å². The number of esters is 2. The molecule has 0 bridgehead atoms. The van der Waals surface area contributed by atoms with Crippen molar-refractivity contribution in [3.63, 3.8) is 0 Å². The molecule has 348 valence electrons. The molecule has 0 aliphatic carbocycles. The Morgan fingerprint density at radius 2 is 0.918 bits per heavy atom. The molecule has 0 spiro atoms. The normalized spacial score (nSPS) is 14.9. The van der Waals surface area contributed by atoms with E-state index in [1.807, 2.05) is 12.2 Å². The van der Waals surface area contributed by atoms with Crippen LogP contribution < -0.4 is 0 Å². The first-order valence-corrected chi connectivity index (χ1v) is 25.0. The maximum Gasteiger partial charge on any atom is 0.472 e. The first kappa shape index (κ1) is 58.0. The number of phosphoric acid groups is 2. The molecule has 0 saturated carbocycles. The van der Waals surface area contributed by atoms with Gasteiger partial charge in [-0.2, -0.15) is 0 Å². The molecule has 0 fully saturated rings. The number of hydrogen-bond acceptors (Lipinski definition) is 10. The monoisotopic (exact) mass is 898 g/mol. The largest absolute Gasteiger partial charge is 0.472 e. The summed E-state index contributed by atoms with van der Waals surface area (Å²) in [7, 11) is -9.71. The summed E-state index contributed by atoms with van der Waals surface area (Å²) in [6.45, 7) is 1.51. The van der Waals surface area contributed by atoms with Crippen LogP contribution >= 0.6 is 15.6 Å². The number of hydrogen-bond donors (Lipinski definition) is 4. The molecule has 15 heteroatoms. The second-order valence-corrected chi connectivity index (χ2v) is 16.9. The fraction of sp³-hybridized carbons (Fsp3) is 0.609. The summed E-state index contributed by atoms with van der Waals surface area (Å²) < 4.78 is 47.7. The van der Waals surface area contributed by atoms with Crippen molar-refractivity contribution in [2.75, 3.05) is 26.4 Å². The number of ether oxygens (including phenoxy) is 2. The number of carbonyl (C=O) groups is 2. The Hall–Kier alpha value is -2.96. The topological polar surface area (TPSA) is 195 Å². The molecule has 0 heterocycles. The molecule has 13 nitrogen and oxygen atoms in total. The first-order chi connectivity index (χ1) is 29.4. The van der Waals surface area contributed by atoms with Gasteiger partial charge in [-0.15, -0.1) is 0 Å². The lowest BCUT2D eigenvalue weighted by molar-refractivity contribution is -0.161. The molecule has 0 aromatic heterocycles. The van der Waals surface area contributed by atoms with Gasteiger partial charge in [0.1, 0.15) is 12.7 Å². The maximum atomic E-state index is 12.6. The van der Waals surface area contributed by atoms with Gasteiger partial charge in [0.25, 0.3) is 0 Å². The highest BCUT2D eigenvalue weighted by molar-refractivity contribution is 7.47. The minimum Gasteiger partial charge on any atom is -0.462 e. The lowest BCUT2D eigenvalue weighted by Gasteiger charge is -2.20. The van der Waals surface area contributed by atoms with Crippen molar-refractivity contribution in [2.45, 2.75) is 154 Å². The Kier molecular flexibility index (Phi) is 39.1. The van der Waals surface area contributed by atoms with E-state index in [4.69, 9.17) is 23.8 Å². The maximum absolute atomic E-state index is 12.6. The average molecular weight is 899 g/mol. The molecular formula is C46H76O13P2. The SMILES string of the molecule is CC/C=C\C/C=C\C/C=C\C/C=C\CCCCCCC(=O)OC[C@H](COP(=O)(O)OC[C@@H](O)COP(=O)(O)O)OC(=O)CCC/C=C\C/C=C\C/C=C\C/C=C\CCCCC. The molecule has 0 aromatic carbocycles. The molecular weight excluding hydrogens is 822 g/mol. The van der Waals surface area contributed by atoms with Crippen LogP contribution in [0, 0.1) is 0 Å². The van der Waals surface area contributed by atoms with Gasteiger partial charge in [0, 0.05) is 12.8 Å². The van der Waals surface area contributed by atoms with Gasteiger partial charge in [0.15, 0.2) is 6.10 Å². The van der Waals surface area contributed by atoms with Crippen LogP contribution in [-0.4, -0.2) is 70.4 Å². The Balaban J connectivity index is 4.67. The number of aliphatic hydroxyl groups is 1. The van der Waals surface area contributed by atoms with Crippen molar-refractivity contribution in [3.05, 3.63) is 97.2 Å². The predicted octanol–water partition coefficient (Wildman–Crippen LogP) is 11.3. The zero-order chi connectivity index (χ0) is 45.1. The third kappa shape index (κ3) is 44.9. The van der Waals surface area contributed by atoms with Gasteiger partial charge in [-0.25, -0.2) is 9.13 Å². The summed E-state index contributed by atoms with van der Waals surface area (Å²) in [4.78, 5) is 52.7. The predicted molar refractivity (Wildman–Crippen MR) is 243 cm³/mol. The molecule has 0 aromatic rings. The van der Waals surface area contributed by atoms with Gasteiger partial charge in [-0.05, 0) is 89.9 Å². The lowest BCUT2D eigenvalue weighted by Crippen LogP contribution is -2.29. The van der Waals surface area contributed by atoms with Crippen LogP contribution in [0.15, 0.2) is 97.2 Å². The molecule has 0 amide bonds. The van der Waals surface area contributed by atoms with Crippen LogP contribution in [0.2, 0.25) is 0 Å². The van der Waals surface area contributed by atoms with Crippen LogP contribution in [-0.2, 0) is 41.8 Å². The van der Waals surface area contributed by atoms with E-state index in [0.717, 1.165) is 77.0 Å². The van der Waals surface area contributed by atoms with E-state index in [2.05, 4.69) is 108 Å². The van der Waals surface area contributed by atoms with Crippen LogP contribution in [0.4, 0.5) is 0 Å². The fourth-order valence-corrected chi connectivity index (χ4v) is 6.31. The minimum atomic E-state index is -4.88. The zero-order valence-corrected chi connectivity index (χ0v) is 38.5. The van der Waals surface area contributed by atoms with Gasteiger partial charge in [-0.1, -0.05) is 137 Å². The summed E-state index contributed by atoms with van der Waals surface area (Å²) in [5.41, 5.74) is 0. The van der Waals surface area contributed by atoms with Gasteiger partial charge >= 0.3 is 27.6 Å². The summed E-state index contributed by atoms with van der Waals surface area (Å²) >= 11 is 0. The van der Waals surface area contributed by atoms with E-state index in [-0.39, 0.29) is 12.8 Å². The highest BCUT2D eigenvalue weighted by atomic mass is 31.2. The third-order valence-corrected chi connectivity index (χ3v) is 9.88.